The van der Waals surface area contributed by atoms with E-state index in [-0.39, 0.29) is 5.78 Å². The molecule has 0 spiro atoms. The van der Waals surface area contributed by atoms with Gasteiger partial charge >= 0.3 is 0 Å². The predicted octanol–water partition coefficient (Wildman–Crippen LogP) is 4.32. The first kappa shape index (κ1) is 17.5. The van der Waals surface area contributed by atoms with Gasteiger partial charge in [-0.2, -0.15) is 0 Å². The van der Waals surface area contributed by atoms with Crippen LogP contribution in [0.1, 0.15) is 45.0 Å². The molecule has 0 aliphatic heterocycles. The molecule has 134 valence electrons. The topological polar surface area (TPSA) is 47.8 Å². The number of hydrogen-bond donors (Lipinski definition) is 0. The van der Waals surface area contributed by atoms with Gasteiger partial charge in [0.15, 0.2) is 10.9 Å². The van der Waals surface area contributed by atoms with Crippen LogP contribution in [0.15, 0.2) is 40.9 Å². The van der Waals surface area contributed by atoms with E-state index in [0.717, 1.165) is 35.8 Å². The maximum atomic E-state index is 12.6. The first-order chi connectivity index (χ1) is 12.7. The van der Waals surface area contributed by atoms with Crippen molar-refractivity contribution in [3.05, 3.63) is 63.1 Å². The lowest BCUT2D eigenvalue weighted by molar-refractivity contribution is 0.102. The molecule has 1 aromatic carbocycles. The van der Waals surface area contributed by atoms with Crippen LogP contribution >= 0.6 is 23.1 Å². The Kier molecular flexibility index (Phi) is 5.22. The predicted molar refractivity (Wildman–Crippen MR) is 106 cm³/mol. The van der Waals surface area contributed by atoms with E-state index in [9.17, 15) is 4.79 Å². The number of rotatable bonds is 6. The Morgan fingerprint density at radius 2 is 2.04 bits per heavy atom. The molecule has 4 rings (SSSR count). The summed E-state index contributed by atoms with van der Waals surface area (Å²) in [6, 6.07) is 10.4. The van der Waals surface area contributed by atoms with E-state index in [1.54, 1.807) is 11.3 Å². The third-order valence-electron chi connectivity index (χ3n) is 4.84. The van der Waals surface area contributed by atoms with Crippen LogP contribution in [0.25, 0.3) is 0 Å². The lowest BCUT2D eigenvalue weighted by atomic mass is 9.90. The molecule has 2 aromatic heterocycles. The SMILES string of the molecule is Cn1c(Cc2cccs2)nnc1SCC(=O)c1ccc2c(c1)CCCC2. The third-order valence-corrected chi connectivity index (χ3v) is 6.74. The number of aryl methyl sites for hydroxylation is 2. The van der Waals surface area contributed by atoms with Gasteiger partial charge in [-0.1, -0.05) is 30.0 Å². The number of benzene rings is 1. The lowest BCUT2D eigenvalue weighted by Gasteiger charge is -2.16. The fourth-order valence-corrected chi connectivity index (χ4v) is 4.84. The molecular weight excluding hydrogens is 362 g/mol. The summed E-state index contributed by atoms with van der Waals surface area (Å²) in [5, 5.41) is 11.4. The number of carbonyl (C=O) groups excluding carboxylic acids is 1. The Bertz CT molecular complexity index is 915. The summed E-state index contributed by atoms with van der Waals surface area (Å²) < 4.78 is 1.99. The number of thiophene rings is 1. The van der Waals surface area contributed by atoms with E-state index in [1.165, 1.54) is 40.6 Å². The summed E-state index contributed by atoms with van der Waals surface area (Å²) in [7, 11) is 1.97. The highest BCUT2D eigenvalue weighted by molar-refractivity contribution is 7.99. The lowest BCUT2D eigenvalue weighted by Crippen LogP contribution is -2.08. The molecule has 0 unspecified atom stereocenters. The molecular formula is C20H21N3OS2. The quantitative estimate of drug-likeness (QED) is 0.470. The van der Waals surface area contributed by atoms with Gasteiger partial charge in [0.1, 0.15) is 5.82 Å². The van der Waals surface area contributed by atoms with Crippen LogP contribution in [0, 0.1) is 0 Å². The molecule has 6 heteroatoms. The monoisotopic (exact) mass is 383 g/mol. The third kappa shape index (κ3) is 3.76. The van der Waals surface area contributed by atoms with Gasteiger partial charge < -0.3 is 4.57 Å². The van der Waals surface area contributed by atoms with Crippen molar-refractivity contribution in [2.75, 3.05) is 5.75 Å². The highest BCUT2D eigenvalue weighted by Crippen LogP contribution is 2.24. The molecule has 0 radical (unpaired) electrons. The van der Waals surface area contributed by atoms with Crippen LogP contribution in [0.2, 0.25) is 0 Å². The maximum Gasteiger partial charge on any atom is 0.191 e. The number of ketones is 1. The van der Waals surface area contributed by atoms with Crippen LogP contribution in [0.5, 0.6) is 0 Å². The van der Waals surface area contributed by atoms with E-state index in [0.29, 0.717) is 5.75 Å². The molecule has 0 bridgehead atoms. The van der Waals surface area contributed by atoms with Crippen molar-refractivity contribution >= 4 is 28.9 Å². The number of thioether (sulfide) groups is 1. The fraction of sp³-hybridized carbons (Fsp3) is 0.350. The van der Waals surface area contributed by atoms with Crippen molar-refractivity contribution in [3.63, 3.8) is 0 Å². The molecule has 0 saturated heterocycles. The van der Waals surface area contributed by atoms with Gasteiger partial charge in [0.25, 0.3) is 0 Å². The maximum absolute atomic E-state index is 12.6. The summed E-state index contributed by atoms with van der Waals surface area (Å²) in [4.78, 5) is 13.9. The summed E-state index contributed by atoms with van der Waals surface area (Å²) in [5.74, 6) is 1.48. The summed E-state index contributed by atoms with van der Waals surface area (Å²) in [6.45, 7) is 0. The summed E-state index contributed by atoms with van der Waals surface area (Å²) in [6.07, 6.45) is 5.51. The average Bonchev–Trinajstić information content (AvgIpc) is 3.30. The Morgan fingerprint density at radius 1 is 1.19 bits per heavy atom. The van der Waals surface area contributed by atoms with Gasteiger partial charge in [-0.25, -0.2) is 0 Å². The van der Waals surface area contributed by atoms with Crippen LogP contribution in [0.4, 0.5) is 0 Å². The minimum atomic E-state index is 0.159. The zero-order chi connectivity index (χ0) is 17.9. The molecule has 0 atom stereocenters. The molecule has 1 aliphatic carbocycles. The second-order valence-electron chi connectivity index (χ2n) is 6.62. The number of Topliss-reactive ketones (excluding diaryl/α,β-unsaturated/α-hetero) is 1. The Labute approximate surface area is 161 Å². The van der Waals surface area contributed by atoms with Crippen LogP contribution in [-0.2, 0) is 26.3 Å². The van der Waals surface area contributed by atoms with Crippen molar-refractivity contribution in [2.45, 2.75) is 37.3 Å². The fourth-order valence-electron chi connectivity index (χ4n) is 3.31. The second-order valence-corrected chi connectivity index (χ2v) is 8.59. The first-order valence-corrected chi connectivity index (χ1v) is 10.8. The molecule has 1 aliphatic rings. The van der Waals surface area contributed by atoms with E-state index in [4.69, 9.17) is 0 Å². The zero-order valence-corrected chi connectivity index (χ0v) is 16.4. The van der Waals surface area contributed by atoms with Gasteiger partial charge in [0.05, 0.1) is 5.75 Å². The van der Waals surface area contributed by atoms with E-state index >= 15 is 0 Å². The van der Waals surface area contributed by atoms with E-state index < -0.39 is 0 Å². The van der Waals surface area contributed by atoms with Crippen LogP contribution < -0.4 is 0 Å². The average molecular weight is 384 g/mol. The summed E-state index contributed by atoms with van der Waals surface area (Å²) >= 11 is 3.18. The van der Waals surface area contributed by atoms with Crippen LogP contribution in [0.3, 0.4) is 0 Å². The Balaban J connectivity index is 1.41. The Morgan fingerprint density at radius 3 is 2.85 bits per heavy atom. The number of carbonyl (C=O) groups is 1. The minimum Gasteiger partial charge on any atom is -0.309 e. The van der Waals surface area contributed by atoms with Crippen LogP contribution in [-0.4, -0.2) is 26.3 Å². The molecule has 0 N–H and O–H groups in total. The zero-order valence-electron chi connectivity index (χ0n) is 14.8. The highest BCUT2D eigenvalue weighted by atomic mass is 32.2. The molecule has 2 heterocycles. The normalized spacial score (nSPS) is 13.6. The van der Waals surface area contributed by atoms with Crippen molar-refractivity contribution in [1.29, 1.82) is 0 Å². The molecule has 4 nitrogen and oxygen atoms in total. The number of nitrogens with zero attached hydrogens (tertiary/aromatic N) is 3. The van der Waals surface area contributed by atoms with Crippen molar-refractivity contribution in [2.24, 2.45) is 7.05 Å². The molecule has 0 saturated carbocycles. The number of fused-ring (bicyclic) bond motifs is 1. The van der Waals surface area contributed by atoms with Gasteiger partial charge in [-0.3, -0.25) is 4.79 Å². The van der Waals surface area contributed by atoms with Crippen molar-refractivity contribution < 1.29 is 4.79 Å². The van der Waals surface area contributed by atoms with Crippen molar-refractivity contribution in [3.8, 4) is 0 Å². The molecule has 3 aromatic rings. The molecule has 0 fully saturated rings. The van der Waals surface area contributed by atoms with E-state index in [2.05, 4.69) is 33.8 Å². The highest BCUT2D eigenvalue weighted by Gasteiger charge is 2.15. The van der Waals surface area contributed by atoms with Crippen molar-refractivity contribution in [1.82, 2.24) is 14.8 Å². The molecule has 0 amide bonds. The summed E-state index contributed by atoms with van der Waals surface area (Å²) in [5.41, 5.74) is 3.58. The van der Waals surface area contributed by atoms with E-state index in [1.807, 2.05) is 23.7 Å². The Hall–Kier alpha value is -1.92. The van der Waals surface area contributed by atoms with Gasteiger partial charge in [0, 0.05) is 23.9 Å². The first-order valence-electron chi connectivity index (χ1n) is 8.89. The second kappa shape index (κ2) is 7.76. The van der Waals surface area contributed by atoms with Gasteiger partial charge in [-0.15, -0.1) is 21.5 Å². The van der Waals surface area contributed by atoms with Gasteiger partial charge in [0.2, 0.25) is 0 Å². The standard InChI is InChI=1S/C20H21N3OS2/c1-23-19(12-17-7-4-10-25-17)21-22-20(23)26-13-18(24)16-9-8-14-5-2-3-6-15(14)11-16/h4,7-11H,2-3,5-6,12-13H2,1H3. The minimum absolute atomic E-state index is 0.159. The molecule has 26 heavy (non-hydrogen) atoms. The smallest absolute Gasteiger partial charge is 0.191 e. The number of hydrogen-bond acceptors (Lipinski definition) is 5. The number of aromatic nitrogens is 3. The van der Waals surface area contributed by atoms with Gasteiger partial charge in [-0.05, 0) is 54.3 Å². The largest absolute Gasteiger partial charge is 0.309 e.